The van der Waals surface area contributed by atoms with Crippen molar-refractivity contribution in [3.8, 4) is 0 Å². The van der Waals surface area contributed by atoms with E-state index in [1.807, 2.05) is 11.8 Å². The molecule has 0 amide bonds. The lowest BCUT2D eigenvalue weighted by Crippen LogP contribution is -2.43. The van der Waals surface area contributed by atoms with Gasteiger partial charge in [-0.25, -0.2) is 0 Å². The molecule has 0 bridgehead atoms. The van der Waals surface area contributed by atoms with Gasteiger partial charge < -0.3 is 15.4 Å². The zero-order valence-electron chi connectivity index (χ0n) is 12.8. The fourth-order valence-corrected chi connectivity index (χ4v) is 4.15. The van der Waals surface area contributed by atoms with Gasteiger partial charge in [0.05, 0.1) is 0 Å². The maximum absolute atomic E-state index is 6.19. The fraction of sp³-hybridized carbons (Fsp3) is 0.933. The molecule has 0 spiro atoms. The van der Waals surface area contributed by atoms with Crippen molar-refractivity contribution in [3.05, 3.63) is 0 Å². The maximum Gasteiger partial charge on any atom is 0.191 e. The zero-order chi connectivity index (χ0) is 14.3. The summed E-state index contributed by atoms with van der Waals surface area (Å²) >= 11 is 2.00. The van der Waals surface area contributed by atoms with Crippen LogP contribution in [0, 0.1) is 5.41 Å². The molecule has 0 atom stereocenters. The first-order valence-electron chi connectivity index (χ1n) is 7.87. The van der Waals surface area contributed by atoms with Crippen LogP contribution in [0.1, 0.15) is 38.5 Å². The largest absolute Gasteiger partial charge is 0.385 e. The summed E-state index contributed by atoms with van der Waals surface area (Å²) in [7, 11) is 1.79. The molecular weight excluding hydrogens is 270 g/mol. The van der Waals surface area contributed by atoms with Gasteiger partial charge in [-0.1, -0.05) is 19.3 Å². The van der Waals surface area contributed by atoms with Crippen LogP contribution < -0.4 is 5.73 Å². The van der Waals surface area contributed by atoms with E-state index in [-0.39, 0.29) is 0 Å². The van der Waals surface area contributed by atoms with Gasteiger partial charge in [-0.15, -0.1) is 0 Å². The number of thioether (sulfide) groups is 1. The number of hydrogen-bond donors (Lipinski definition) is 1. The molecule has 1 aliphatic carbocycles. The van der Waals surface area contributed by atoms with Gasteiger partial charge in [0.2, 0.25) is 0 Å². The smallest absolute Gasteiger partial charge is 0.191 e. The summed E-state index contributed by atoms with van der Waals surface area (Å²) in [5, 5.41) is 0. The van der Waals surface area contributed by atoms with Crippen molar-refractivity contribution < 1.29 is 4.74 Å². The Morgan fingerprint density at radius 2 is 1.95 bits per heavy atom. The molecule has 4 nitrogen and oxygen atoms in total. The summed E-state index contributed by atoms with van der Waals surface area (Å²) in [6, 6.07) is 0. The Balaban J connectivity index is 1.92. The predicted octanol–water partition coefficient (Wildman–Crippen LogP) is 2.34. The maximum atomic E-state index is 6.19. The summed E-state index contributed by atoms with van der Waals surface area (Å²) in [6.45, 7) is 3.82. The third kappa shape index (κ3) is 4.55. The Kier molecular flexibility index (Phi) is 6.49. The van der Waals surface area contributed by atoms with Crippen LogP contribution in [0.15, 0.2) is 4.99 Å². The predicted molar refractivity (Wildman–Crippen MR) is 87.4 cm³/mol. The van der Waals surface area contributed by atoms with E-state index in [2.05, 4.69) is 4.90 Å². The minimum Gasteiger partial charge on any atom is -0.385 e. The number of nitrogens with zero attached hydrogens (tertiary/aromatic N) is 2. The van der Waals surface area contributed by atoms with Crippen LogP contribution in [0.2, 0.25) is 0 Å². The highest BCUT2D eigenvalue weighted by Gasteiger charge is 2.31. The SMILES string of the molecule is COCCC1(CN=C(N)N2CCSCC2)CCCCC1. The van der Waals surface area contributed by atoms with E-state index in [4.69, 9.17) is 15.5 Å². The summed E-state index contributed by atoms with van der Waals surface area (Å²) in [5.74, 6) is 3.10. The molecule has 2 N–H and O–H groups in total. The average Bonchev–Trinajstić information content (AvgIpc) is 2.52. The number of rotatable bonds is 5. The van der Waals surface area contributed by atoms with Crippen molar-refractivity contribution in [1.82, 2.24) is 4.90 Å². The van der Waals surface area contributed by atoms with E-state index in [9.17, 15) is 0 Å². The molecule has 0 aromatic heterocycles. The second-order valence-electron chi connectivity index (χ2n) is 6.08. The number of hydrogen-bond acceptors (Lipinski definition) is 3. The standard InChI is InChI=1S/C15H29N3OS/c1-19-10-7-15(5-3-2-4-6-15)13-17-14(16)18-8-11-20-12-9-18/h2-13H2,1H3,(H2,16,17). The normalized spacial score (nSPS) is 23.9. The van der Waals surface area contributed by atoms with Crippen molar-refractivity contribution >= 4 is 17.7 Å². The molecule has 116 valence electrons. The van der Waals surface area contributed by atoms with Crippen molar-refractivity contribution in [3.63, 3.8) is 0 Å². The number of ether oxygens (including phenoxy) is 1. The van der Waals surface area contributed by atoms with Crippen LogP contribution in [0.4, 0.5) is 0 Å². The van der Waals surface area contributed by atoms with Gasteiger partial charge in [0.15, 0.2) is 5.96 Å². The van der Waals surface area contributed by atoms with E-state index < -0.39 is 0 Å². The zero-order valence-corrected chi connectivity index (χ0v) is 13.6. The molecular formula is C15H29N3OS. The third-order valence-corrected chi connectivity index (χ3v) is 5.60. The van der Waals surface area contributed by atoms with Gasteiger partial charge in [0, 0.05) is 44.9 Å². The number of aliphatic imine (C=N–C) groups is 1. The molecule has 0 radical (unpaired) electrons. The topological polar surface area (TPSA) is 50.9 Å². The molecule has 0 aromatic carbocycles. The fourth-order valence-electron chi connectivity index (χ4n) is 3.25. The van der Waals surface area contributed by atoms with E-state index in [0.717, 1.165) is 38.6 Å². The van der Waals surface area contributed by atoms with Crippen LogP contribution in [0.5, 0.6) is 0 Å². The lowest BCUT2D eigenvalue weighted by Gasteiger charge is -2.36. The third-order valence-electron chi connectivity index (χ3n) is 4.66. The van der Waals surface area contributed by atoms with Gasteiger partial charge in [0.25, 0.3) is 0 Å². The van der Waals surface area contributed by atoms with Crippen molar-refractivity contribution in [2.45, 2.75) is 38.5 Å². The summed E-state index contributed by atoms with van der Waals surface area (Å²) in [4.78, 5) is 6.99. The van der Waals surface area contributed by atoms with Gasteiger partial charge >= 0.3 is 0 Å². The highest BCUT2D eigenvalue weighted by atomic mass is 32.2. The first-order valence-corrected chi connectivity index (χ1v) is 9.03. The van der Waals surface area contributed by atoms with Crippen LogP contribution in [-0.4, -0.2) is 55.7 Å². The molecule has 2 fully saturated rings. The van der Waals surface area contributed by atoms with Crippen LogP contribution >= 0.6 is 11.8 Å². The summed E-state index contributed by atoms with van der Waals surface area (Å²) in [6.07, 6.45) is 7.72. The molecule has 1 saturated carbocycles. The summed E-state index contributed by atoms with van der Waals surface area (Å²) < 4.78 is 5.30. The molecule has 2 rings (SSSR count). The first-order chi connectivity index (χ1) is 9.76. The minimum absolute atomic E-state index is 0.337. The van der Waals surface area contributed by atoms with E-state index in [0.29, 0.717) is 5.41 Å². The van der Waals surface area contributed by atoms with Gasteiger partial charge in [-0.3, -0.25) is 4.99 Å². The monoisotopic (exact) mass is 299 g/mol. The lowest BCUT2D eigenvalue weighted by atomic mass is 9.72. The summed E-state index contributed by atoms with van der Waals surface area (Å²) in [5.41, 5.74) is 6.53. The second-order valence-corrected chi connectivity index (χ2v) is 7.30. The van der Waals surface area contributed by atoms with E-state index in [1.165, 1.54) is 43.6 Å². The number of guanidine groups is 1. The molecule has 5 heteroatoms. The van der Waals surface area contributed by atoms with E-state index in [1.54, 1.807) is 7.11 Å². The Bertz CT molecular complexity index is 310. The van der Waals surface area contributed by atoms with E-state index >= 15 is 0 Å². The van der Waals surface area contributed by atoms with Crippen LogP contribution in [0.25, 0.3) is 0 Å². The highest BCUT2D eigenvalue weighted by Crippen LogP contribution is 2.39. The average molecular weight is 299 g/mol. The van der Waals surface area contributed by atoms with Crippen molar-refractivity contribution in [2.75, 3.05) is 44.9 Å². The van der Waals surface area contributed by atoms with Crippen molar-refractivity contribution in [2.24, 2.45) is 16.1 Å². The Morgan fingerprint density at radius 3 is 2.60 bits per heavy atom. The molecule has 1 saturated heterocycles. The number of nitrogens with two attached hydrogens (primary N) is 1. The quantitative estimate of drug-likeness (QED) is 0.625. The number of methoxy groups -OCH3 is 1. The van der Waals surface area contributed by atoms with Gasteiger partial charge in [-0.2, -0.15) is 11.8 Å². The first kappa shape index (κ1) is 16.0. The highest BCUT2D eigenvalue weighted by molar-refractivity contribution is 7.99. The molecule has 0 unspecified atom stereocenters. The second kappa shape index (κ2) is 8.13. The molecule has 1 heterocycles. The van der Waals surface area contributed by atoms with Crippen LogP contribution in [-0.2, 0) is 4.74 Å². The van der Waals surface area contributed by atoms with Gasteiger partial charge in [-0.05, 0) is 24.7 Å². The Labute approximate surface area is 127 Å². The molecule has 1 aliphatic heterocycles. The molecule has 20 heavy (non-hydrogen) atoms. The van der Waals surface area contributed by atoms with Gasteiger partial charge in [0.1, 0.15) is 0 Å². The Morgan fingerprint density at radius 1 is 1.25 bits per heavy atom. The lowest BCUT2D eigenvalue weighted by molar-refractivity contribution is 0.108. The molecule has 2 aliphatic rings. The molecule has 0 aromatic rings. The Hall–Kier alpha value is -0.420. The minimum atomic E-state index is 0.337. The van der Waals surface area contributed by atoms with Crippen molar-refractivity contribution in [1.29, 1.82) is 0 Å². The van der Waals surface area contributed by atoms with Crippen LogP contribution in [0.3, 0.4) is 0 Å².